The molecule has 0 fully saturated rings. The number of methoxy groups -OCH3 is 1. The third-order valence-corrected chi connectivity index (χ3v) is 12.4. The maximum atomic E-state index is 14.3. The minimum Gasteiger partial charge on any atom is -0.497 e. The van der Waals surface area contributed by atoms with Crippen LogP contribution in [0.2, 0.25) is 5.02 Å². The van der Waals surface area contributed by atoms with Crippen molar-refractivity contribution in [3.05, 3.63) is 171 Å². The summed E-state index contributed by atoms with van der Waals surface area (Å²) in [6, 6.07) is 27.8. The molecule has 0 unspecified atom stereocenters. The molecule has 6 N–H and O–H groups in total. The molecule has 0 saturated carbocycles. The van der Waals surface area contributed by atoms with Gasteiger partial charge in [-0.1, -0.05) is 53.6 Å². The molecular formula is C53H47ClF4N6O4. The summed E-state index contributed by atoms with van der Waals surface area (Å²) in [5, 5.41) is 2.17. The molecule has 15 heteroatoms. The Bertz CT molecular complexity index is 3500. The summed E-state index contributed by atoms with van der Waals surface area (Å²) in [7, 11) is 6.78. The highest BCUT2D eigenvalue weighted by molar-refractivity contribution is 6.30. The fraction of sp³-hybridized carbons (Fsp3) is 0.151. The lowest BCUT2D eigenvalue weighted by molar-refractivity contribution is 0.0984. The lowest BCUT2D eigenvalue weighted by atomic mass is 10.0. The van der Waals surface area contributed by atoms with E-state index in [1.807, 2.05) is 55.5 Å². The van der Waals surface area contributed by atoms with E-state index in [1.54, 1.807) is 62.7 Å². The Morgan fingerprint density at radius 2 is 0.838 bits per heavy atom. The zero-order chi connectivity index (χ0) is 49.6. The topological polar surface area (TPSA) is 153 Å². The monoisotopic (exact) mass is 942 g/mol. The van der Waals surface area contributed by atoms with Gasteiger partial charge in [-0.2, -0.15) is 0 Å². The van der Waals surface area contributed by atoms with E-state index in [0.29, 0.717) is 60.9 Å². The van der Waals surface area contributed by atoms with E-state index in [9.17, 15) is 31.9 Å². The van der Waals surface area contributed by atoms with E-state index in [1.165, 1.54) is 54.6 Å². The Morgan fingerprint density at radius 3 is 1.19 bits per heavy atom. The van der Waals surface area contributed by atoms with E-state index in [2.05, 4.69) is 0 Å². The van der Waals surface area contributed by atoms with Crippen molar-refractivity contribution < 1.29 is 36.7 Å². The van der Waals surface area contributed by atoms with Gasteiger partial charge in [-0.25, -0.2) is 17.6 Å². The highest BCUT2D eigenvalue weighted by atomic mass is 35.5. The molecule has 3 heterocycles. The molecule has 10 nitrogen and oxygen atoms in total. The molecule has 0 radical (unpaired) electrons. The molecule has 9 aromatic rings. The number of hydrogen-bond acceptors (Lipinski definition) is 4. The second-order valence-corrected chi connectivity index (χ2v) is 16.9. The number of carbonyl (C=O) groups excluding carboxylic acids is 3. The van der Waals surface area contributed by atoms with E-state index in [4.69, 9.17) is 33.5 Å². The van der Waals surface area contributed by atoms with Crippen LogP contribution in [0.1, 0.15) is 53.7 Å². The Hall–Kier alpha value is -7.84. The molecule has 0 spiro atoms. The number of halogens is 5. The molecule has 3 amide bonds. The summed E-state index contributed by atoms with van der Waals surface area (Å²) in [5.74, 6) is -2.70. The number of carbonyl (C=O) groups is 3. The molecule has 68 heavy (non-hydrogen) atoms. The zero-order valence-electron chi connectivity index (χ0n) is 38.4. The normalized spacial score (nSPS) is 11.1. The number of hydrogen-bond donors (Lipinski definition) is 3. The first-order chi connectivity index (χ1) is 32.1. The first kappa shape index (κ1) is 48.1. The van der Waals surface area contributed by atoms with Crippen LogP contribution in [0.5, 0.6) is 5.75 Å². The fourth-order valence-electron chi connectivity index (χ4n) is 9.12. The van der Waals surface area contributed by atoms with Gasteiger partial charge in [-0.05, 0) is 122 Å². The number of benzene rings is 6. The lowest BCUT2D eigenvalue weighted by Crippen LogP contribution is -2.16. The van der Waals surface area contributed by atoms with Crippen LogP contribution in [0.4, 0.5) is 17.6 Å². The lowest BCUT2D eigenvalue weighted by Gasteiger charge is -2.09. The van der Waals surface area contributed by atoms with Gasteiger partial charge in [-0.15, -0.1) is 0 Å². The van der Waals surface area contributed by atoms with Gasteiger partial charge in [0, 0.05) is 64.6 Å². The second-order valence-electron chi connectivity index (χ2n) is 16.5. The van der Waals surface area contributed by atoms with Crippen LogP contribution in [-0.4, -0.2) is 38.5 Å². The largest absolute Gasteiger partial charge is 0.497 e. The van der Waals surface area contributed by atoms with Gasteiger partial charge < -0.3 is 35.6 Å². The number of aryl methyl sites for hydroxylation is 7. The van der Waals surface area contributed by atoms with Crippen LogP contribution in [0, 0.1) is 51.0 Å². The summed E-state index contributed by atoms with van der Waals surface area (Å²) in [5.41, 5.74) is 26.4. The summed E-state index contributed by atoms with van der Waals surface area (Å²) in [6.45, 7) is 7.26. The zero-order valence-corrected chi connectivity index (χ0v) is 39.2. The second kappa shape index (κ2) is 18.8. The first-order valence-electron chi connectivity index (χ1n) is 21.1. The molecule has 0 saturated heterocycles. The van der Waals surface area contributed by atoms with Gasteiger partial charge >= 0.3 is 0 Å². The summed E-state index contributed by atoms with van der Waals surface area (Å²) in [6.07, 6.45) is 0. The van der Waals surface area contributed by atoms with E-state index in [0.717, 1.165) is 39.0 Å². The Labute approximate surface area is 394 Å². The highest BCUT2D eigenvalue weighted by Crippen LogP contribution is 2.38. The number of aromatic nitrogens is 3. The number of amides is 3. The van der Waals surface area contributed by atoms with Crippen LogP contribution in [0.15, 0.2) is 103 Å². The van der Waals surface area contributed by atoms with Gasteiger partial charge in [-0.3, -0.25) is 14.4 Å². The molecule has 3 aromatic heterocycles. The molecule has 0 aliphatic rings. The predicted octanol–water partition coefficient (Wildman–Crippen LogP) is 11.3. The first-order valence-corrected chi connectivity index (χ1v) is 21.4. The number of primary amides is 3. The Balaban J connectivity index is 0.000000151. The van der Waals surface area contributed by atoms with Crippen LogP contribution in [-0.2, 0) is 21.1 Å². The molecule has 0 atom stereocenters. The van der Waals surface area contributed by atoms with Crippen molar-refractivity contribution in [1.82, 2.24) is 13.7 Å². The smallest absolute Gasteiger partial charge is 0.265 e. The maximum absolute atomic E-state index is 14.3. The molecular weight excluding hydrogens is 896 g/mol. The quantitative estimate of drug-likeness (QED) is 0.136. The van der Waals surface area contributed by atoms with Crippen molar-refractivity contribution in [2.24, 2.45) is 38.3 Å². The Morgan fingerprint density at radius 1 is 0.485 bits per heavy atom. The van der Waals surface area contributed by atoms with Crippen LogP contribution in [0.25, 0.3) is 66.1 Å². The number of ether oxygens (including phenoxy) is 1. The average Bonchev–Trinajstić information content (AvgIpc) is 3.80. The van der Waals surface area contributed by atoms with Crippen molar-refractivity contribution in [2.75, 3.05) is 7.11 Å². The van der Waals surface area contributed by atoms with Crippen LogP contribution < -0.4 is 21.9 Å². The van der Waals surface area contributed by atoms with Crippen molar-refractivity contribution >= 4 is 62.0 Å². The van der Waals surface area contributed by atoms with E-state index in [-0.39, 0.29) is 27.9 Å². The Kier molecular flexibility index (Phi) is 13.3. The minimum absolute atomic E-state index is 0.204. The SMILES string of the molecule is COc1ccc(-c2cc(F)cc3c(C)c(C(N)=O)n(C)c23)cc1.Cc1c(C(N)=O)n(C)c2c(-c3ccc(Cl)cc3F)cc(F)cc12.Cc1ccc(-c2cc(F)cc3c(C)c(C(N)=O)n(C)c23)cc1. The third kappa shape index (κ3) is 8.77. The molecule has 0 aliphatic heterocycles. The average molecular weight is 943 g/mol. The van der Waals surface area contributed by atoms with Gasteiger partial charge in [0.1, 0.15) is 46.1 Å². The standard InChI is InChI=1S/C18H17FN2O2.C18H17FN2O.C17H13ClF2N2O/c1-10-14-8-12(19)9-15(11-4-6-13(23-3)7-5-11)17(14)21(2)16(10)18(20)22;1-10-4-6-12(7-5-10)15-9-13(19)8-14-11(2)16(18(20)22)21(3)17(14)15;1-8-12-6-10(19)7-13(11-4-3-9(18)5-14(11)20)16(12)22(2)15(8)17(21)23/h4-9H,1-3H3,(H2,20,22);4-9H,1-3H3,(H2,20,22);3-7H,1-2H3,(H2,21,23). The number of rotatable bonds is 7. The van der Waals surface area contributed by atoms with Crippen molar-refractivity contribution in [1.29, 1.82) is 0 Å². The molecule has 9 rings (SSSR count). The molecule has 0 aliphatic carbocycles. The van der Waals surface area contributed by atoms with Gasteiger partial charge in [0.2, 0.25) is 0 Å². The molecule has 348 valence electrons. The summed E-state index contributed by atoms with van der Waals surface area (Å²) >= 11 is 5.78. The van der Waals surface area contributed by atoms with Crippen molar-refractivity contribution in [3.8, 4) is 39.1 Å². The molecule has 0 bridgehead atoms. The van der Waals surface area contributed by atoms with Crippen molar-refractivity contribution in [2.45, 2.75) is 27.7 Å². The fourth-order valence-corrected chi connectivity index (χ4v) is 9.28. The maximum Gasteiger partial charge on any atom is 0.265 e. The van der Waals surface area contributed by atoms with Gasteiger partial charge in [0.25, 0.3) is 17.7 Å². The summed E-state index contributed by atoms with van der Waals surface area (Å²) < 4.78 is 66.7. The van der Waals surface area contributed by atoms with Gasteiger partial charge in [0.05, 0.1) is 23.7 Å². The van der Waals surface area contributed by atoms with Gasteiger partial charge in [0.15, 0.2) is 0 Å². The number of nitrogens with zero attached hydrogens (tertiary/aromatic N) is 3. The summed E-state index contributed by atoms with van der Waals surface area (Å²) in [4.78, 5) is 35.1. The third-order valence-electron chi connectivity index (χ3n) is 12.2. The van der Waals surface area contributed by atoms with Crippen molar-refractivity contribution in [3.63, 3.8) is 0 Å². The number of fused-ring (bicyclic) bond motifs is 3. The van der Waals surface area contributed by atoms with E-state index >= 15 is 0 Å². The van der Waals surface area contributed by atoms with E-state index < -0.39 is 29.4 Å². The predicted molar refractivity (Wildman–Crippen MR) is 261 cm³/mol. The van der Waals surface area contributed by atoms with Crippen LogP contribution in [0.3, 0.4) is 0 Å². The highest BCUT2D eigenvalue weighted by Gasteiger charge is 2.24. The van der Waals surface area contributed by atoms with Crippen LogP contribution >= 0.6 is 11.6 Å². The molecule has 6 aromatic carbocycles. The number of nitrogens with two attached hydrogens (primary N) is 3. The minimum atomic E-state index is -0.621.